The van der Waals surface area contributed by atoms with Gasteiger partial charge in [-0.3, -0.25) is 9.69 Å². The van der Waals surface area contributed by atoms with Gasteiger partial charge in [0.15, 0.2) is 0 Å². The molecule has 214 valence electrons. The van der Waals surface area contributed by atoms with Gasteiger partial charge in [0.1, 0.15) is 36.2 Å². The van der Waals surface area contributed by atoms with E-state index < -0.39 is 35.9 Å². The molecular weight excluding hydrogens is 536 g/mol. The minimum Gasteiger partial charge on any atom is -0.388 e. The molecule has 0 radical (unpaired) electrons. The van der Waals surface area contributed by atoms with Crippen LogP contribution in [0.4, 0.5) is 0 Å². The molecule has 1 aromatic carbocycles. The highest BCUT2D eigenvalue weighted by Crippen LogP contribution is 2.35. The first-order valence-corrected chi connectivity index (χ1v) is 15.6. The second-order valence-electron chi connectivity index (χ2n) is 10.5. The highest BCUT2D eigenvalue weighted by atomic mass is 32.2. The minimum atomic E-state index is -1.38. The van der Waals surface area contributed by atoms with Gasteiger partial charge in [0.05, 0.1) is 12.1 Å². The summed E-state index contributed by atoms with van der Waals surface area (Å²) >= 11 is 2.82. The van der Waals surface area contributed by atoms with Gasteiger partial charge in [-0.1, -0.05) is 32.4 Å². The summed E-state index contributed by atoms with van der Waals surface area (Å²) in [5.74, 6) is 0.369. The molecule has 2 aromatic rings. The predicted molar refractivity (Wildman–Crippen MR) is 154 cm³/mol. The van der Waals surface area contributed by atoms with Gasteiger partial charge >= 0.3 is 0 Å². The van der Waals surface area contributed by atoms with E-state index in [0.29, 0.717) is 5.92 Å². The SMILES string of the molecule is CCC[C@@H]1C[C@@H](C(=O)N[C@@H]([C@H]2O[C@H](SC)[C@H](O)[C@@H](O)[C@H]2O)[C@H](C)Sc2ccc(-c3cncnc3)cc2)N(C)C1. The summed E-state index contributed by atoms with van der Waals surface area (Å²) in [6.07, 6.45) is 4.89. The predicted octanol–water partition coefficient (Wildman–Crippen LogP) is 2.40. The molecule has 1 amide bonds. The highest BCUT2D eigenvalue weighted by molar-refractivity contribution is 8.00. The van der Waals surface area contributed by atoms with Crippen LogP contribution in [0.15, 0.2) is 47.9 Å². The van der Waals surface area contributed by atoms with Crippen LogP contribution in [0.25, 0.3) is 11.1 Å². The summed E-state index contributed by atoms with van der Waals surface area (Å²) in [6.45, 7) is 5.02. The van der Waals surface area contributed by atoms with Gasteiger partial charge in [-0.25, -0.2) is 9.97 Å². The van der Waals surface area contributed by atoms with Gasteiger partial charge in [0.25, 0.3) is 0 Å². The standard InChI is InChI=1S/C28H40N4O5S2/c1-5-6-17-11-21(32(3)14-17)27(36)31-22(26-24(34)23(33)25(35)28(37-26)38-4)16(2)39-20-9-7-18(8-10-20)19-12-29-15-30-13-19/h7-10,12-13,15-17,21-26,28,33-35H,5-6,11,14H2,1-4H3,(H,31,36)/t16-,17+,21-,22+,23-,24+,25+,26+,28+/m0/s1. The Bertz CT molecular complexity index is 1060. The number of likely N-dealkylation sites (tertiary alicyclic amines) is 1. The number of carbonyl (C=O) groups is 1. The van der Waals surface area contributed by atoms with E-state index >= 15 is 0 Å². The van der Waals surface area contributed by atoms with E-state index in [9.17, 15) is 20.1 Å². The van der Waals surface area contributed by atoms with Crippen molar-refractivity contribution in [1.29, 1.82) is 0 Å². The van der Waals surface area contributed by atoms with E-state index in [2.05, 4.69) is 27.1 Å². The van der Waals surface area contributed by atoms with E-state index in [1.807, 2.05) is 38.2 Å². The van der Waals surface area contributed by atoms with E-state index in [-0.39, 0.29) is 17.2 Å². The van der Waals surface area contributed by atoms with Crippen molar-refractivity contribution in [1.82, 2.24) is 20.2 Å². The van der Waals surface area contributed by atoms with E-state index in [0.717, 1.165) is 41.8 Å². The Labute approximate surface area is 239 Å². The summed E-state index contributed by atoms with van der Waals surface area (Å²) in [5.41, 5.74) is 1.19. The monoisotopic (exact) mass is 576 g/mol. The number of carbonyl (C=O) groups excluding carboxylic acids is 1. The lowest BCUT2D eigenvalue weighted by molar-refractivity contribution is -0.205. The van der Waals surface area contributed by atoms with Crippen molar-refractivity contribution < 1.29 is 24.9 Å². The number of nitrogens with zero attached hydrogens (tertiary/aromatic N) is 3. The zero-order chi connectivity index (χ0) is 28.1. The second-order valence-corrected chi connectivity index (χ2v) is 12.9. The van der Waals surface area contributed by atoms with Crippen molar-refractivity contribution in [2.45, 2.75) is 85.2 Å². The topological polar surface area (TPSA) is 128 Å². The molecular formula is C28H40N4O5S2. The van der Waals surface area contributed by atoms with Gasteiger partial charge in [-0.15, -0.1) is 23.5 Å². The van der Waals surface area contributed by atoms with Crippen molar-refractivity contribution in [3.63, 3.8) is 0 Å². The fourth-order valence-electron chi connectivity index (χ4n) is 5.58. The molecule has 3 heterocycles. The van der Waals surface area contributed by atoms with Crippen molar-refractivity contribution in [3.8, 4) is 11.1 Å². The number of ether oxygens (including phenoxy) is 1. The summed E-state index contributed by atoms with van der Waals surface area (Å²) in [5, 5.41) is 35.0. The lowest BCUT2D eigenvalue weighted by Gasteiger charge is -2.44. The summed E-state index contributed by atoms with van der Waals surface area (Å²) in [4.78, 5) is 24.8. The number of thioether (sulfide) groups is 2. The number of hydrogen-bond donors (Lipinski definition) is 4. The normalized spacial score (nSPS) is 31.1. The second kappa shape index (κ2) is 13.8. The number of aliphatic hydroxyl groups is 3. The maximum absolute atomic E-state index is 13.6. The molecule has 2 saturated heterocycles. The largest absolute Gasteiger partial charge is 0.388 e. The zero-order valence-electron chi connectivity index (χ0n) is 22.9. The third kappa shape index (κ3) is 7.13. The van der Waals surface area contributed by atoms with Crippen LogP contribution in [0.5, 0.6) is 0 Å². The number of rotatable bonds is 10. The number of aromatic nitrogens is 2. The molecule has 4 N–H and O–H groups in total. The Hall–Kier alpha value is -1.73. The molecule has 11 heteroatoms. The van der Waals surface area contributed by atoms with Gasteiger partial charge in [-0.05, 0) is 49.8 Å². The lowest BCUT2D eigenvalue weighted by Crippen LogP contribution is -2.65. The molecule has 4 rings (SSSR count). The summed E-state index contributed by atoms with van der Waals surface area (Å²) in [6, 6.07) is 7.13. The van der Waals surface area contributed by atoms with E-state index in [1.54, 1.807) is 30.4 Å². The Morgan fingerprint density at radius 3 is 2.46 bits per heavy atom. The molecule has 1 aromatic heterocycles. The number of aliphatic hydroxyl groups excluding tert-OH is 3. The molecule has 0 aliphatic carbocycles. The van der Waals surface area contributed by atoms with Crippen molar-refractivity contribution in [3.05, 3.63) is 43.0 Å². The Kier molecular flexibility index (Phi) is 10.7. The smallest absolute Gasteiger partial charge is 0.237 e. The minimum absolute atomic E-state index is 0.106. The average molecular weight is 577 g/mol. The average Bonchev–Trinajstić information content (AvgIpc) is 3.32. The Morgan fingerprint density at radius 1 is 1.13 bits per heavy atom. The third-order valence-corrected chi connectivity index (χ3v) is 9.78. The van der Waals surface area contributed by atoms with Crippen molar-refractivity contribution in [2.75, 3.05) is 19.8 Å². The summed E-state index contributed by atoms with van der Waals surface area (Å²) in [7, 11) is 1.97. The van der Waals surface area contributed by atoms with Crippen LogP contribution in [-0.4, -0.2) is 103 Å². The third-order valence-electron chi connectivity index (χ3n) is 7.71. The summed E-state index contributed by atoms with van der Waals surface area (Å²) < 4.78 is 6.13. The zero-order valence-corrected chi connectivity index (χ0v) is 24.5. The molecule has 2 aliphatic rings. The molecule has 9 nitrogen and oxygen atoms in total. The maximum Gasteiger partial charge on any atom is 0.237 e. The van der Waals surface area contributed by atoms with Gasteiger partial charge in [0.2, 0.25) is 5.91 Å². The van der Waals surface area contributed by atoms with Crippen LogP contribution in [0.1, 0.15) is 33.1 Å². The van der Waals surface area contributed by atoms with Crippen LogP contribution >= 0.6 is 23.5 Å². The van der Waals surface area contributed by atoms with Gasteiger partial charge < -0.3 is 25.4 Å². The first-order valence-electron chi connectivity index (χ1n) is 13.5. The quantitative estimate of drug-likeness (QED) is 0.313. The Balaban J connectivity index is 1.54. The van der Waals surface area contributed by atoms with Crippen LogP contribution in [0.3, 0.4) is 0 Å². The number of likely N-dealkylation sites (N-methyl/N-ethyl adjacent to an activating group) is 1. The maximum atomic E-state index is 13.6. The van der Waals surface area contributed by atoms with E-state index in [4.69, 9.17) is 4.74 Å². The molecule has 0 bridgehead atoms. The van der Waals surface area contributed by atoms with Crippen LogP contribution < -0.4 is 5.32 Å². The van der Waals surface area contributed by atoms with Gasteiger partial charge in [0, 0.05) is 34.6 Å². The number of hydrogen-bond acceptors (Lipinski definition) is 10. The van der Waals surface area contributed by atoms with Gasteiger partial charge in [-0.2, -0.15) is 0 Å². The van der Waals surface area contributed by atoms with Crippen LogP contribution in [-0.2, 0) is 9.53 Å². The van der Waals surface area contributed by atoms with Crippen molar-refractivity contribution >= 4 is 29.4 Å². The number of nitrogens with one attached hydrogen (secondary N) is 1. The van der Waals surface area contributed by atoms with Crippen LogP contribution in [0, 0.1) is 5.92 Å². The molecule has 39 heavy (non-hydrogen) atoms. The molecule has 2 aliphatic heterocycles. The highest BCUT2D eigenvalue weighted by Gasteiger charge is 2.48. The van der Waals surface area contributed by atoms with Crippen LogP contribution in [0.2, 0.25) is 0 Å². The number of amides is 1. The Morgan fingerprint density at radius 2 is 1.82 bits per heavy atom. The van der Waals surface area contributed by atoms with E-state index in [1.165, 1.54) is 18.1 Å². The molecule has 0 saturated carbocycles. The van der Waals surface area contributed by atoms with Crippen molar-refractivity contribution in [2.24, 2.45) is 5.92 Å². The fourth-order valence-corrected chi connectivity index (χ4v) is 7.36. The molecule has 9 atom stereocenters. The molecule has 0 spiro atoms. The first kappa shape index (κ1) is 30.2. The first-order chi connectivity index (χ1) is 18.7. The number of benzene rings is 1. The lowest BCUT2D eigenvalue weighted by atomic mass is 9.92. The molecule has 2 fully saturated rings. The fraction of sp³-hybridized carbons (Fsp3) is 0.607. The molecule has 0 unspecified atom stereocenters.